The highest BCUT2D eigenvalue weighted by Gasteiger charge is 2.32. The minimum Gasteiger partial charge on any atom is -0.308 e. The lowest BCUT2D eigenvalue weighted by Crippen LogP contribution is -2.55. The van der Waals surface area contributed by atoms with Crippen molar-refractivity contribution >= 4 is 23.7 Å². The summed E-state index contributed by atoms with van der Waals surface area (Å²) >= 11 is 0. The smallest absolute Gasteiger partial charge is 0.308 e. The van der Waals surface area contributed by atoms with Gasteiger partial charge >= 0.3 is 6.03 Å². The van der Waals surface area contributed by atoms with Crippen LogP contribution in [-0.4, -0.2) is 21.9 Å². The fourth-order valence-electron chi connectivity index (χ4n) is 1.96. The fraction of sp³-hybridized carbons (Fsp3) is 0.200. The minimum absolute atomic E-state index is 0.286. The van der Waals surface area contributed by atoms with Crippen LogP contribution >= 0.6 is 0 Å². The lowest BCUT2D eigenvalue weighted by Gasteiger charge is -2.25. The molecule has 0 saturated carbocycles. The summed E-state index contributed by atoms with van der Waals surface area (Å²) in [4.78, 5) is 31.1. The van der Waals surface area contributed by atoms with Crippen LogP contribution in [0, 0.1) is 5.92 Å². The van der Waals surface area contributed by atoms with Crippen LogP contribution in [0.2, 0.25) is 0 Å². The second kappa shape index (κ2) is 3.13. The van der Waals surface area contributed by atoms with E-state index >= 15 is 0 Å². The Bertz CT molecular complexity index is 607. The molecule has 6 nitrogen and oxygen atoms in total. The second-order valence-corrected chi connectivity index (χ2v) is 3.64. The van der Waals surface area contributed by atoms with E-state index in [0.29, 0.717) is 22.8 Å². The van der Waals surface area contributed by atoms with Crippen LogP contribution in [0.25, 0.3) is 11.8 Å². The molecule has 3 rings (SSSR count). The van der Waals surface area contributed by atoms with Gasteiger partial charge in [-0.15, -0.1) is 0 Å². The van der Waals surface area contributed by atoms with Crippen molar-refractivity contribution in [2.45, 2.75) is 6.42 Å². The van der Waals surface area contributed by atoms with E-state index in [2.05, 4.69) is 20.6 Å². The van der Waals surface area contributed by atoms with Gasteiger partial charge in [-0.25, -0.2) is 4.79 Å². The van der Waals surface area contributed by atoms with Crippen molar-refractivity contribution in [3.63, 3.8) is 0 Å². The molecule has 3 amide bonds. The quantitative estimate of drug-likeness (QED) is 0.537. The number of amides is 3. The maximum atomic E-state index is 11.6. The Morgan fingerprint density at radius 2 is 2.00 bits per heavy atom. The van der Waals surface area contributed by atoms with E-state index in [1.807, 2.05) is 6.08 Å². The first kappa shape index (κ1) is 9.02. The molecule has 1 atom stereocenters. The van der Waals surface area contributed by atoms with Gasteiger partial charge in [0.25, 0.3) is 0 Å². The summed E-state index contributed by atoms with van der Waals surface area (Å²) in [6.45, 7) is 0. The third-order valence-electron chi connectivity index (χ3n) is 2.68. The van der Waals surface area contributed by atoms with E-state index in [1.165, 1.54) is 0 Å². The molecule has 80 valence electrons. The summed E-state index contributed by atoms with van der Waals surface area (Å²) in [5.41, 5.74) is 0.555. The van der Waals surface area contributed by atoms with Gasteiger partial charge in [0.2, 0.25) is 5.91 Å². The maximum Gasteiger partial charge on any atom is 0.325 e. The van der Waals surface area contributed by atoms with Crippen LogP contribution in [0.5, 0.6) is 0 Å². The first-order chi connectivity index (χ1) is 7.75. The number of nitrogens with zero attached hydrogens (tertiary/aromatic N) is 2. The normalized spacial score (nSPS) is 22.5. The number of rotatable bonds is 0. The van der Waals surface area contributed by atoms with E-state index in [1.54, 1.807) is 12.4 Å². The number of nitrogens with one attached hydrogen (secondary N) is 2. The monoisotopic (exact) mass is 216 g/mol. The number of hydrogen-bond donors (Lipinski definition) is 2. The first-order valence-corrected chi connectivity index (χ1v) is 4.89. The lowest BCUT2D eigenvalue weighted by molar-refractivity contribution is -0.122. The van der Waals surface area contributed by atoms with Crippen LogP contribution < -0.4 is 21.3 Å². The predicted molar refractivity (Wildman–Crippen MR) is 53.9 cm³/mol. The molecule has 2 aliphatic rings. The molecule has 2 heterocycles. The Morgan fingerprint density at radius 1 is 1.19 bits per heavy atom. The van der Waals surface area contributed by atoms with Crippen LogP contribution in [-0.2, 0) is 4.79 Å². The third kappa shape index (κ3) is 1.19. The zero-order chi connectivity index (χ0) is 11.1. The number of imide groups is 1. The Labute approximate surface area is 90.1 Å². The minimum atomic E-state index is -0.505. The van der Waals surface area contributed by atoms with Crippen molar-refractivity contribution in [2.24, 2.45) is 5.92 Å². The van der Waals surface area contributed by atoms with Crippen molar-refractivity contribution < 1.29 is 9.59 Å². The molecule has 1 aromatic rings. The van der Waals surface area contributed by atoms with Gasteiger partial charge in [-0.05, 0) is 6.42 Å². The molecule has 1 aromatic heterocycles. The van der Waals surface area contributed by atoms with Gasteiger partial charge in [0, 0.05) is 12.4 Å². The topological polar surface area (TPSA) is 84.0 Å². The molecule has 0 bridgehead atoms. The average molecular weight is 216 g/mol. The molecule has 1 aliphatic carbocycles. The molecule has 2 N–H and O–H groups in total. The largest absolute Gasteiger partial charge is 0.325 e. The zero-order valence-electron chi connectivity index (χ0n) is 8.23. The Kier molecular flexibility index (Phi) is 1.76. The summed E-state index contributed by atoms with van der Waals surface area (Å²) in [5, 5.41) is 6.16. The van der Waals surface area contributed by atoms with E-state index in [-0.39, 0.29) is 11.8 Å². The third-order valence-corrected chi connectivity index (χ3v) is 2.68. The highest BCUT2D eigenvalue weighted by molar-refractivity contribution is 6.06. The average Bonchev–Trinajstić information content (AvgIpc) is 2.28. The van der Waals surface area contributed by atoms with Gasteiger partial charge in [-0.2, -0.15) is 0 Å². The van der Waals surface area contributed by atoms with Crippen LogP contribution in [0.3, 0.4) is 0 Å². The summed E-state index contributed by atoms with van der Waals surface area (Å²) in [5.74, 6) is -0.645. The molecule has 1 aliphatic heterocycles. The Hall–Kier alpha value is -2.24. The van der Waals surface area contributed by atoms with Crippen LogP contribution in [0.1, 0.15) is 6.42 Å². The van der Waals surface area contributed by atoms with Gasteiger partial charge in [0.05, 0.1) is 17.0 Å². The Balaban J connectivity index is 2.30. The number of urea groups is 1. The standard InChI is InChI=1S/C10H8N4O2/c15-9-5-1-2-6-8(12-4-3-11-6)7(5)13-10(16)14-9/h2-5H,1H2,(H2,13,14,15,16). The van der Waals surface area contributed by atoms with Crippen molar-refractivity contribution in [3.8, 4) is 0 Å². The molecule has 16 heavy (non-hydrogen) atoms. The highest BCUT2D eigenvalue weighted by Crippen LogP contribution is 2.18. The molecule has 1 fully saturated rings. The number of fused-ring (bicyclic) bond motifs is 2. The molecule has 1 saturated heterocycles. The molecule has 1 unspecified atom stereocenters. The Morgan fingerprint density at radius 3 is 2.88 bits per heavy atom. The van der Waals surface area contributed by atoms with Gasteiger partial charge in [0.1, 0.15) is 5.35 Å². The van der Waals surface area contributed by atoms with Crippen molar-refractivity contribution in [3.05, 3.63) is 23.1 Å². The molecular weight excluding hydrogens is 208 g/mol. The predicted octanol–water partition coefficient (Wildman–Crippen LogP) is -1.78. The molecule has 0 aromatic carbocycles. The van der Waals surface area contributed by atoms with Gasteiger partial charge in [0.15, 0.2) is 0 Å². The van der Waals surface area contributed by atoms with Crippen molar-refractivity contribution in [1.82, 2.24) is 20.6 Å². The van der Waals surface area contributed by atoms with E-state index in [4.69, 9.17) is 0 Å². The lowest BCUT2D eigenvalue weighted by atomic mass is 9.94. The number of carbonyl (C=O) groups excluding carboxylic acids is 2. The molecular formula is C10H8N4O2. The summed E-state index contributed by atoms with van der Waals surface area (Å²) < 4.78 is 0. The fourth-order valence-corrected chi connectivity index (χ4v) is 1.96. The first-order valence-electron chi connectivity index (χ1n) is 4.89. The van der Waals surface area contributed by atoms with Gasteiger partial charge in [-0.3, -0.25) is 20.1 Å². The highest BCUT2D eigenvalue weighted by atomic mass is 16.2. The van der Waals surface area contributed by atoms with E-state index in [9.17, 15) is 9.59 Å². The SMILES string of the molecule is O=C1NC(=O)C2CC=c3nccnc3=C2N1. The molecule has 6 heteroatoms. The molecule has 0 spiro atoms. The van der Waals surface area contributed by atoms with Gasteiger partial charge < -0.3 is 5.32 Å². The maximum absolute atomic E-state index is 11.6. The van der Waals surface area contributed by atoms with Crippen molar-refractivity contribution in [2.75, 3.05) is 0 Å². The summed E-state index contributed by atoms with van der Waals surface area (Å²) in [6.07, 6.45) is 5.52. The second-order valence-electron chi connectivity index (χ2n) is 3.64. The van der Waals surface area contributed by atoms with Crippen molar-refractivity contribution in [1.29, 1.82) is 0 Å². The number of hydrogen-bond acceptors (Lipinski definition) is 4. The molecule has 0 radical (unpaired) electrons. The summed E-state index contributed by atoms with van der Waals surface area (Å²) in [6, 6.07) is -0.505. The van der Waals surface area contributed by atoms with Crippen LogP contribution in [0.15, 0.2) is 12.4 Å². The van der Waals surface area contributed by atoms with Crippen LogP contribution in [0.4, 0.5) is 4.79 Å². The van der Waals surface area contributed by atoms with E-state index in [0.717, 1.165) is 0 Å². The number of aromatic nitrogens is 2. The summed E-state index contributed by atoms with van der Waals surface area (Å²) in [7, 11) is 0. The zero-order valence-corrected chi connectivity index (χ0v) is 8.23. The van der Waals surface area contributed by atoms with Gasteiger partial charge in [-0.1, -0.05) is 6.08 Å². The van der Waals surface area contributed by atoms with E-state index < -0.39 is 6.03 Å². The number of carbonyl (C=O) groups is 2.